The molecular formula is C23H26ClN3O3S. The van der Waals surface area contributed by atoms with Crippen LogP contribution < -0.4 is 10.7 Å². The van der Waals surface area contributed by atoms with Crippen LogP contribution in [0.4, 0.5) is 0 Å². The summed E-state index contributed by atoms with van der Waals surface area (Å²) in [7, 11) is -3.36. The Bertz CT molecular complexity index is 1150. The molecule has 2 heterocycles. The number of hydrazine groups is 1. The molecular weight excluding hydrogens is 434 g/mol. The molecule has 4 rings (SSSR count). The predicted molar refractivity (Wildman–Crippen MR) is 122 cm³/mol. The fourth-order valence-electron chi connectivity index (χ4n) is 4.26. The quantitative estimate of drug-likeness (QED) is 0.733. The zero-order valence-corrected chi connectivity index (χ0v) is 19.5. The normalized spacial score (nSPS) is 23.9. The molecule has 3 atom stereocenters. The van der Waals surface area contributed by atoms with E-state index in [9.17, 15) is 13.2 Å². The molecule has 2 N–H and O–H groups in total. The largest absolute Gasteiger partial charge is 0.363 e. The number of carbonyl (C=O) groups is 1. The molecule has 6 nitrogen and oxygen atoms in total. The van der Waals surface area contributed by atoms with Gasteiger partial charge in [-0.3, -0.25) is 9.80 Å². The van der Waals surface area contributed by atoms with Crippen molar-refractivity contribution in [3.05, 3.63) is 70.8 Å². The number of benzene rings is 2. The van der Waals surface area contributed by atoms with Crippen molar-refractivity contribution in [1.82, 2.24) is 15.8 Å². The van der Waals surface area contributed by atoms with Gasteiger partial charge < -0.3 is 5.32 Å². The van der Waals surface area contributed by atoms with Crippen molar-refractivity contribution >= 4 is 33.0 Å². The Balaban J connectivity index is 1.75. The minimum absolute atomic E-state index is 0.00905. The van der Waals surface area contributed by atoms with E-state index >= 15 is 0 Å². The highest BCUT2D eigenvalue weighted by Gasteiger charge is 2.50. The van der Waals surface area contributed by atoms with Gasteiger partial charge in [0.2, 0.25) is 0 Å². The van der Waals surface area contributed by atoms with Crippen molar-refractivity contribution in [2.45, 2.75) is 43.8 Å². The number of halogens is 1. The molecule has 0 bridgehead atoms. The van der Waals surface area contributed by atoms with E-state index in [1.165, 1.54) is 12.3 Å². The first-order valence-corrected chi connectivity index (χ1v) is 12.4. The Kier molecular flexibility index (Phi) is 5.40. The number of nitrogens with one attached hydrogen (secondary N) is 2. The van der Waals surface area contributed by atoms with Gasteiger partial charge in [-0.2, -0.15) is 0 Å². The third-order valence-corrected chi connectivity index (χ3v) is 7.19. The van der Waals surface area contributed by atoms with Crippen LogP contribution in [0.25, 0.3) is 5.70 Å². The van der Waals surface area contributed by atoms with E-state index in [2.05, 4.69) is 31.5 Å². The van der Waals surface area contributed by atoms with Crippen molar-refractivity contribution in [2.75, 3.05) is 6.26 Å². The minimum atomic E-state index is -3.36. The lowest BCUT2D eigenvalue weighted by Crippen LogP contribution is -2.52. The molecule has 2 aromatic carbocycles. The highest BCUT2D eigenvalue weighted by atomic mass is 35.5. The molecule has 0 aliphatic carbocycles. The van der Waals surface area contributed by atoms with Crippen LogP contribution in [0, 0.1) is 5.41 Å². The molecule has 2 aliphatic heterocycles. The first kappa shape index (κ1) is 21.9. The first-order chi connectivity index (χ1) is 14.4. The van der Waals surface area contributed by atoms with E-state index in [0.717, 1.165) is 5.56 Å². The molecule has 0 spiro atoms. The lowest BCUT2D eigenvalue weighted by molar-refractivity contribution is -0.131. The van der Waals surface area contributed by atoms with Gasteiger partial charge in [0.1, 0.15) is 6.17 Å². The van der Waals surface area contributed by atoms with Crippen LogP contribution in [-0.4, -0.2) is 37.8 Å². The van der Waals surface area contributed by atoms with Gasteiger partial charge in [-0.05, 0) is 40.8 Å². The van der Waals surface area contributed by atoms with Crippen molar-refractivity contribution < 1.29 is 13.2 Å². The molecule has 0 saturated carbocycles. The topological polar surface area (TPSA) is 78.5 Å². The summed E-state index contributed by atoms with van der Waals surface area (Å²) in [5, 5.41) is 5.78. The van der Waals surface area contributed by atoms with Crippen LogP contribution >= 0.6 is 11.6 Å². The van der Waals surface area contributed by atoms with Gasteiger partial charge >= 0.3 is 0 Å². The average molecular weight is 460 g/mol. The molecule has 0 aromatic heterocycles. The molecule has 164 valence electrons. The number of amides is 1. The van der Waals surface area contributed by atoms with Gasteiger partial charge in [0.25, 0.3) is 5.91 Å². The van der Waals surface area contributed by atoms with Gasteiger partial charge in [-0.25, -0.2) is 13.8 Å². The second-order valence-electron chi connectivity index (χ2n) is 9.21. The molecule has 0 radical (unpaired) electrons. The van der Waals surface area contributed by atoms with E-state index in [-0.39, 0.29) is 34.3 Å². The fourth-order valence-corrected chi connectivity index (χ4v) is 5.05. The fraction of sp³-hybridized carbons (Fsp3) is 0.348. The Morgan fingerprint density at radius 3 is 2.35 bits per heavy atom. The van der Waals surface area contributed by atoms with Gasteiger partial charge in [0, 0.05) is 35.0 Å². The number of nitrogens with zero attached hydrogens (tertiary/aromatic N) is 1. The van der Waals surface area contributed by atoms with Crippen molar-refractivity contribution in [3.8, 4) is 0 Å². The Labute approximate surface area is 188 Å². The van der Waals surface area contributed by atoms with Gasteiger partial charge in [0.15, 0.2) is 9.84 Å². The third-order valence-electron chi connectivity index (χ3n) is 5.83. The number of rotatable bonds is 3. The van der Waals surface area contributed by atoms with Gasteiger partial charge in [-0.15, -0.1) is 0 Å². The molecule has 1 saturated heterocycles. The van der Waals surface area contributed by atoms with E-state index < -0.39 is 9.84 Å². The number of carbonyl (C=O) groups excluding carboxylic acids is 1. The van der Waals surface area contributed by atoms with E-state index in [1.54, 1.807) is 29.3 Å². The number of fused-ring (bicyclic) bond motifs is 1. The van der Waals surface area contributed by atoms with Crippen LogP contribution in [0.1, 0.15) is 37.8 Å². The molecule has 3 unspecified atom stereocenters. The standard InChI is InChI=1S/C23H26ClN3O3S/c1-23(2,3)21-20(14-8-10-16(24)11-9-14)22-25-18(13-19(28)27(22)26-21)15-6-5-7-17(12-15)31(4,29)30/h5-13,20-22,25-26H,1-4H3. The summed E-state index contributed by atoms with van der Waals surface area (Å²) >= 11 is 6.11. The van der Waals surface area contributed by atoms with Gasteiger partial charge in [0.05, 0.1) is 4.90 Å². The highest BCUT2D eigenvalue weighted by Crippen LogP contribution is 2.41. The Morgan fingerprint density at radius 1 is 1.06 bits per heavy atom. The summed E-state index contributed by atoms with van der Waals surface area (Å²) in [6, 6.07) is 14.3. The summed E-state index contributed by atoms with van der Waals surface area (Å²) in [5.41, 5.74) is 5.60. The molecule has 2 aliphatic rings. The second kappa shape index (κ2) is 7.65. The van der Waals surface area contributed by atoms with E-state index in [0.29, 0.717) is 16.3 Å². The molecule has 2 aromatic rings. The molecule has 31 heavy (non-hydrogen) atoms. The van der Waals surface area contributed by atoms with Crippen LogP contribution in [0.15, 0.2) is 59.5 Å². The maximum absolute atomic E-state index is 13.1. The predicted octanol–water partition coefficient (Wildman–Crippen LogP) is 3.56. The summed E-state index contributed by atoms with van der Waals surface area (Å²) in [4.78, 5) is 13.3. The Morgan fingerprint density at radius 2 is 1.74 bits per heavy atom. The zero-order chi connectivity index (χ0) is 22.6. The third kappa shape index (κ3) is 4.22. The van der Waals surface area contributed by atoms with Crippen LogP contribution in [-0.2, 0) is 14.6 Å². The number of hydrogen-bond acceptors (Lipinski definition) is 5. The van der Waals surface area contributed by atoms with Crippen LogP contribution in [0.2, 0.25) is 5.02 Å². The summed E-state index contributed by atoms with van der Waals surface area (Å²) in [6.07, 6.45) is 2.35. The lowest BCUT2D eigenvalue weighted by atomic mass is 9.76. The van der Waals surface area contributed by atoms with E-state index in [1.807, 2.05) is 24.3 Å². The highest BCUT2D eigenvalue weighted by molar-refractivity contribution is 7.90. The Hall–Kier alpha value is -2.35. The van der Waals surface area contributed by atoms with Crippen LogP contribution in [0.3, 0.4) is 0 Å². The van der Waals surface area contributed by atoms with Crippen LogP contribution in [0.5, 0.6) is 0 Å². The van der Waals surface area contributed by atoms with Crippen molar-refractivity contribution in [1.29, 1.82) is 0 Å². The monoisotopic (exact) mass is 459 g/mol. The minimum Gasteiger partial charge on any atom is -0.363 e. The van der Waals surface area contributed by atoms with Crippen molar-refractivity contribution in [2.24, 2.45) is 5.41 Å². The first-order valence-electron chi connectivity index (χ1n) is 10.1. The van der Waals surface area contributed by atoms with Crippen molar-refractivity contribution in [3.63, 3.8) is 0 Å². The number of hydrogen-bond donors (Lipinski definition) is 2. The molecule has 1 amide bonds. The van der Waals surface area contributed by atoms with Gasteiger partial charge in [-0.1, -0.05) is 56.6 Å². The van der Waals surface area contributed by atoms with E-state index in [4.69, 9.17) is 11.6 Å². The average Bonchev–Trinajstić information content (AvgIpc) is 3.09. The smallest absolute Gasteiger partial charge is 0.264 e. The maximum Gasteiger partial charge on any atom is 0.264 e. The SMILES string of the molecule is CC(C)(C)C1NN2C(=O)C=C(c3cccc(S(C)(=O)=O)c3)NC2C1c1ccc(Cl)cc1. The summed E-state index contributed by atoms with van der Waals surface area (Å²) < 4.78 is 24.0. The summed E-state index contributed by atoms with van der Waals surface area (Å²) in [5.74, 6) is -0.211. The molecule has 8 heteroatoms. The lowest BCUT2D eigenvalue weighted by Gasteiger charge is -2.34. The zero-order valence-electron chi connectivity index (χ0n) is 17.9. The number of sulfone groups is 1. The maximum atomic E-state index is 13.1. The second-order valence-corrected chi connectivity index (χ2v) is 11.7. The summed E-state index contributed by atoms with van der Waals surface area (Å²) in [6.45, 7) is 6.42. The molecule has 1 fully saturated rings.